The first-order valence-corrected chi connectivity index (χ1v) is 6.65. The van der Waals surface area contributed by atoms with Gasteiger partial charge in [0.2, 0.25) is 0 Å². The van der Waals surface area contributed by atoms with Gasteiger partial charge in [0.05, 0.1) is 11.3 Å². The predicted octanol–water partition coefficient (Wildman–Crippen LogP) is 2.92. The third-order valence-corrected chi connectivity index (χ3v) is 3.81. The highest BCUT2D eigenvalue weighted by molar-refractivity contribution is 5.69. The van der Waals surface area contributed by atoms with Crippen LogP contribution in [0.25, 0.3) is 0 Å². The van der Waals surface area contributed by atoms with Crippen LogP contribution in [0.5, 0.6) is 0 Å². The molecule has 4 nitrogen and oxygen atoms in total. The lowest BCUT2D eigenvalue weighted by Crippen LogP contribution is -2.28. The molecule has 2 atom stereocenters. The van der Waals surface area contributed by atoms with Crippen molar-refractivity contribution in [2.45, 2.75) is 45.1 Å². The van der Waals surface area contributed by atoms with Crippen molar-refractivity contribution in [1.29, 1.82) is 5.26 Å². The molecule has 2 unspecified atom stereocenters. The summed E-state index contributed by atoms with van der Waals surface area (Å²) in [7, 11) is 0. The van der Waals surface area contributed by atoms with Crippen molar-refractivity contribution in [3.8, 4) is 6.07 Å². The Labute approximate surface area is 108 Å². The molecule has 4 heteroatoms. The Balaban J connectivity index is 2.07. The lowest BCUT2D eigenvalue weighted by Gasteiger charge is -2.29. The molecule has 96 valence electrons. The maximum Gasteiger partial charge on any atom is 0.150 e. The highest BCUT2D eigenvalue weighted by Gasteiger charge is 2.21. The summed E-state index contributed by atoms with van der Waals surface area (Å²) in [5, 5.41) is 12.3. The van der Waals surface area contributed by atoms with Crippen LogP contribution in [0.4, 0.5) is 11.5 Å². The van der Waals surface area contributed by atoms with Gasteiger partial charge in [-0.2, -0.15) is 5.26 Å². The number of anilines is 2. The van der Waals surface area contributed by atoms with E-state index >= 15 is 0 Å². The second-order valence-corrected chi connectivity index (χ2v) is 5.01. The quantitative estimate of drug-likeness (QED) is 0.857. The van der Waals surface area contributed by atoms with Crippen molar-refractivity contribution >= 4 is 11.5 Å². The Hall–Kier alpha value is -1.76. The summed E-state index contributed by atoms with van der Waals surface area (Å²) in [6.07, 6.45) is 7.79. The molecule has 0 aliphatic heterocycles. The molecule has 1 aromatic rings. The monoisotopic (exact) mass is 244 g/mol. The molecule has 18 heavy (non-hydrogen) atoms. The van der Waals surface area contributed by atoms with Gasteiger partial charge in [-0.1, -0.05) is 26.2 Å². The van der Waals surface area contributed by atoms with E-state index in [9.17, 15) is 0 Å². The van der Waals surface area contributed by atoms with Crippen molar-refractivity contribution in [3.05, 3.63) is 17.8 Å². The number of rotatable bonds is 3. The smallest absolute Gasteiger partial charge is 0.150 e. The number of nitrogens with one attached hydrogen (secondary N) is 1. The normalized spacial score (nSPS) is 23.3. The first-order chi connectivity index (χ1) is 8.74. The van der Waals surface area contributed by atoms with Gasteiger partial charge < -0.3 is 11.1 Å². The van der Waals surface area contributed by atoms with E-state index in [-0.39, 0.29) is 0 Å². The van der Waals surface area contributed by atoms with Crippen molar-refractivity contribution in [2.75, 3.05) is 11.1 Å². The van der Waals surface area contributed by atoms with E-state index in [1.165, 1.54) is 25.7 Å². The molecule has 1 aromatic heterocycles. The van der Waals surface area contributed by atoms with Gasteiger partial charge in [-0.15, -0.1) is 0 Å². The standard InChI is InChI=1S/C14H20N4/c1-2-10-4-3-5-12(8-10)18-14-13(16)11(9-15)6-7-17-14/h6-7,10,12H,2-5,8,16H2,1H3,(H,17,18). The topological polar surface area (TPSA) is 74.7 Å². The van der Waals surface area contributed by atoms with Crippen LogP contribution in [-0.2, 0) is 0 Å². The fourth-order valence-corrected chi connectivity index (χ4v) is 2.67. The largest absolute Gasteiger partial charge is 0.395 e. The molecule has 3 N–H and O–H groups in total. The van der Waals surface area contributed by atoms with E-state index in [0.717, 1.165) is 12.3 Å². The number of nitrogen functional groups attached to an aromatic ring is 1. The summed E-state index contributed by atoms with van der Waals surface area (Å²) in [6.45, 7) is 2.25. The van der Waals surface area contributed by atoms with Crippen LogP contribution >= 0.6 is 0 Å². The number of nitriles is 1. The van der Waals surface area contributed by atoms with Gasteiger partial charge in [0.25, 0.3) is 0 Å². The Morgan fingerprint density at radius 2 is 2.39 bits per heavy atom. The average Bonchev–Trinajstić information content (AvgIpc) is 2.41. The zero-order valence-electron chi connectivity index (χ0n) is 10.8. The minimum Gasteiger partial charge on any atom is -0.395 e. The van der Waals surface area contributed by atoms with E-state index in [4.69, 9.17) is 11.0 Å². The van der Waals surface area contributed by atoms with Gasteiger partial charge in [0, 0.05) is 12.2 Å². The third-order valence-electron chi connectivity index (χ3n) is 3.81. The van der Waals surface area contributed by atoms with Crippen LogP contribution < -0.4 is 11.1 Å². The highest BCUT2D eigenvalue weighted by atomic mass is 15.0. The lowest BCUT2D eigenvalue weighted by molar-refractivity contribution is 0.327. The molecule has 1 aliphatic rings. The number of aromatic nitrogens is 1. The maximum absolute atomic E-state index is 8.94. The second kappa shape index (κ2) is 5.72. The zero-order chi connectivity index (χ0) is 13.0. The predicted molar refractivity (Wildman–Crippen MR) is 73.0 cm³/mol. The van der Waals surface area contributed by atoms with Crippen LogP contribution in [0.15, 0.2) is 12.3 Å². The number of pyridine rings is 1. The number of nitrogens with zero attached hydrogens (tertiary/aromatic N) is 2. The summed E-state index contributed by atoms with van der Waals surface area (Å²) >= 11 is 0. The average molecular weight is 244 g/mol. The van der Waals surface area contributed by atoms with Gasteiger partial charge in [-0.3, -0.25) is 0 Å². The van der Waals surface area contributed by atoms with Gasteiger partial charge in [0.1, 0.15) is 6.07 Å². The van der Waals surface area contributed by atoms with E-state index in [1.54, 1.807) is 12.3 Å². The van der Waals surface area contributed by atoms with Crippen LogP contribution in [-0.4, -0.2) is 11.0 Å². The molecule has 0 spiro atoms. The first kappa shape index (κ1) is 12.7. The Bertz CT molecular complexity index is 450. The summed E-state index contributed by atoms with van der Waals surface area (Å²) in [5.74, 6) is 1.47. The molecule has 0 amide bonds. The maximum atomic E-state index is 8.94. The molecular weight excluding hydrogens is 224 g/mol. The lowest BCUT2D eigenvalue weighted by atomic mass is 9.84. The summed E-state index contributed by atoms with van der Waals surface area (Å²) < 4.78 is 0. The molecule has 0 bridgehead atoms. The van der Waals surface area contributed by atoms with Crippen LogP contribution in [0.2, 0.25) is 0 Å². The van der Waals surface area contributed by atoms with Gasteiger partial charge in [0.15, 0.2) is 5.82 Å². The Morgan fingerprint density at radius 1 is 1.56 bits per heavy atom. The van der Waals surface area contributed by atoms with E-state index in [0.29, 0.717) is 23.1 Å². The minimum atomic E-state index is 0.437. The molecule has 0 radical (unpaired) electrons. The van der Waals surface area contributed by atoms with Crippen LogP contribution in [0.1, 0.15) is 44.6 Å². The number of hydrogen-bond acceptors (Lipinski definition) is 4. The molecular formula is C14H20N4. The minimum absolute atomic E-state index is 0.437. The molecule has 1 heterocycles. The van der Waals surface area contributed by atoms with Crippen LogP contribution in [0, 0.1) is 17.2 Å². The van der Waals surface area contributed by atoms with Crippen molar-refractivity contribution in [2.24, 2.45) is 5.92 Å². The number of nitrogens with two attached hydrogens (primary N) is 1. The van der Waals surface area contributed by atoms with Crippen LogP contribution in [0.3, 0.4) is 0 Å². The molecule has 1 fully saturated rings. The second-order valence-electron chi connectivity index (χ2n) is 5.01. The third kappa shape index (κ3) is 2.73. The number of hydrogen-bond donors (Lipinski definition) is 2. The molecule has 1 aliphatic carbocycles. The van der Waals surface area contributed by atoms with E-state index < -0.39 is 0 Å². The first-order valence-electron chi connectivity index (χ1n) is 6.65. The van der Waals surface area contributed by atoms with Gasteiger partial charge >= 0.3 is 0 Å². The molecule has 1 saturated carbocycles. The summed E-state index contributed by atoms with van der Waals surface area (Å²) in [4.78, 5) is 4.24. The zero-order valence-corrected chi connectivity index (χ0v) is 10.8. The highest BCUT2D eigenvalue weighted by Crippen LogP contribution is 2.29. The SMILES string of the molecule is CCC1CCCC(Nc2nccc(C#N)c2N)C1. The Morgan fingerprint density at radius 3 is 3.11 bits per heavy atom. The van der Waals surface area contributed by atoms with E-state index in [1.807, 2.05) is 0 Å². The van der Waals surface area contributed by atoms with Gasteiger partial charge in [-0.05, 0) is 24.8 Å². The van der Waals surface area contributed by atoms with Crippen molar-refractivity contribution < 1.29 is 0 Å². The van der Waals surface area contributed by atoms with Crippen molar-refractivity contribution in [1.82, 2.24) is 4.98 Å². The van der Waals surface area contributed by atoms with Gasteiger partial charge in [-0.25, -0.2) is 4.98 Å². The fraction of sp³-hybridized carbons (Fsp3) is 0.571. The summed E-state index contributed by atoms with van der Waals surface area (Å²) in [5.41, 5.74) is 6.90. The molecule has 0 aromatic carbocycles. The molecule has 2 rings (SSSR count). The van der Waals surface area contributed by atoms with E-state index in [2.05, 4.69) is 23.3 Å². The fourth-order valence-electron chi connectivity index (χ4n) is 2.67. The summed E-state index contributed by atoms with van der Waals surface area (Å²) in [6, 6.07) is 4.17. The molecule has 0 saturated heterocycles. The Kier molecular flexibility index (Phi) is 4.03. The van der Waals surface area contributed by atoms with Crippen molar-refractivity contribution in [3.63, 3.8) is 0 Å².